The number of nitrogens with zero attached hydrogens (tertiary/aromatic N) is 2. The number of rotatable bonds is 4. The Morgan fingerprint density at radius 1 is 1.09 bits per heavy atom. The van der Waals surface area contributed by atoms with Gasteiger partial charge in [-0.25, -0.2) is 4.39 Å². The summed E-state index contributed by atoms with van der Waals surface area (Å²) in [7, 11) is 0. The summed E-state index contributed by atoms with van der Waals surface area (Å²) < 4.78 is 13.7. The van der Waals surface area contributed by atoms with Crippen LogP contribution in [0.4, 0.5) is 4.39 Å². The first-order valence-electron chi connectivity index (χ1n) is 7.83. The Labute approximate surface area is 141 Å². The second kappa shape index (κ2) is 7.57. The van der Waals surface area contributed by atoms with Crippen molar-refractivity contribution in [3.63, 3.8) is 0 Å². The zero-order chi connectivity index (χ0) is 16.1. The summed E-state index contributed by atoms with van der Waals surface area (Å²) in [5.41, 5.74) is 1.71. The minimum absolute atomic E-state index is 0.338. The molecule has 1 saturated heterocycles. The Hall–Kier alpha value is -1.91. The van der Waals surface area contributed by atoms with E-state index in [0.717, 1.165) is 32.7 Å². The molecule has 1 heterocycles. The molecule has 1 N–H and O–H groups in total. The average molecular weight is 333 g/mol. The van der Waals surface area contributed by atoms with Crippen molar-refractivity contribution in [2.45, 2.75) is 6.54 Å². The smallest absolute Gasteiger partial charge is 0.133 e. The van der Waals surface area contributed by atoms with Gasteiger partial charge in [0.05, 0.1) is 37.4 Å². The normalized spacial score (nSPS) is 16.2. The van der Waals surface area contributed by atoms with Gasteiger partial charge in [0.25, 0.3) is 0 Å². The summed E-state index contributed by atoms with van der Waals surface area (Å²) in [4.78, 5) is 1.55. The minimum atomic E-state index is -0.338. The lowest BCUT2D eigenvalue weighted by molar-refractivity contribution is -0.918. The molecular formula is C18H20ClFN3+. The molecule has 0 spiro atoms. The fourth-order valence-electron chi connectivity index (χ4n) is 2.76. The Balaban J connectivity index is 1.54. The molecule has 0 radical (unpaired) electrons. The molecule has 0 amide bonds. The molecule has 0 unspecified atom stereocenters. The number of benzene rings is 2. The van der Waals surface area contributed by atoms with Crippen LogP contribution in [0.25, 0.3) is 0 Å². The van der Waals surface area contributed by atoms with Crippen molar-refractivity contribution in [3.05, 3.63) is 70.5 Å². The Bertz CT molecular complexity index is 647. The van der Waals surface area contributed by atoms with Gasteiger partial charge in [-0.1, -0.05) is 48.0 Å². The first-order chi connectivity index (χ1) is 11.2. The average Bonchev–Trinajstić information content (AvgIpc) is 2.57. The van der Waals surface area contributed by atoms with E-state index >= 15 is 0 Å². The van der Waals surface area contributed by atoms with Crippen LogP contribution in [0.5, 0.6) is 0 Å². The van der Waals surface area contributed by atoms with Crippen LogP contribution in [0.2, 0.25) is 5.02 Å². The van der Waals surface area contributed by atoms with Crippen molar-refractivity contribution in [2.24, 2.45) is 5.10 Å². The Kier molecular flexibility index (Phi) is 5.26. The van der Waals surface area contributed by atoms with Gasteiger partial charge in [0, 0.05) is 11.1 Å². The van der Waals surface area contributed by atoms with Crippen LogP contribution >= 0.6 is 11.6 Å². The van der Waals surface area contributed by atoms with E-state index in [0.29, 0.717) is 10.6 Å². The SMILES string of the molecule is Fc1cccc(Cl)c1/C=N\N1CC[NH+](Cc2ccccc2)CC1. The first kappa shape index (κ1) is 16.0. The maximum absolute atomic E-state index is 13.7. The molecule has 0 aliphatic carbocycles. The number of hydrogen-bond acceptors (Lipinski definition) is 2. The lowest BCUT2D eigenvalue weighted by atomic mass is 10.2. The van der Waals surface area contributed by atoms with Crippen LogP contribution in [-0.2, 0) is 6.54 Å². The summed E-state index contributed by atoms with van der Waals surface area (Å²) >= 11 is 6.01. The van der Waals surface area contributed by atoms with Gasteiger partial charge >= 0.3 is 0 Å². The number of piperazine rings is 1. The monoisotopic (exact) mass is 332 g/mol. The van der Waals surface area contributed by atoms with E-state index in [-0.39, 0.29) is 5.82 Å². The molecule has 5 heteroatoms. The van der Waals surface area contributed by atoms with E-state index in [4.69, 9.17) is 11.6 Å². The Morgan fingerprint density at radius 3 is 2.52 bits per heavy atom. The van der Waals surface area contributed by atoms with Crippen molar-refractivity contribution in [1.29, 1.82) is 0 Å². The van der Waals surface area contributed by atoms with Crippen molar-refractivity contribution < 1.29 is 9.29 Å². The van der Waals surface area contributed by atoms with E-state index in [1.54, 1.807) is 17.0 Å². The lowest BCUT2D eigenvalue weighted by Gasteiger charge is -2.30. The second-order valence-corrected chi connectivity index (χ2v) is 6.15. The summed E-state index contributed by atoms with van der Waals surface area (Å²) in [6, 6.07) is 15.2. The molecule has 3 rings (SSSR count). The fourth-order valence-corrected chi connectivity index (χ4v) is 2.97. The molecule has 2 aromatic rings. The van der Waals surface area contributed by atoms with E-state index < -0.39 is 0 Å². The summed E-state index contributed by atoms with van der Waals surface area (Å²) in [6.07, 6.45) is 1.53. The number of nitrogens with one attached hydrogen (secondary N) is 1. The topological polar surface area (TPSA) is 20.0 Å². The van der Waals surface area contributed by atoms with Crippen LogP contribution in [0.1, 0.15) is 11.1 Å². The largest absolute Gasteiger partial charge is 0.328 e. The van der Waals surface area contributed by atoms with Crippen molar-refractivity contribution in [1.82, 2.24) is 5.01 Å². The molecule has 0 aromatic heterocycles. The molecule has 0 bridgehead atoms. The van der Waals surface area contributed by atoms with Gasteiger partial charge in [-0.3, -0.25) is 5.01 Å². The van der Waals surface area contributed by atoms with E-state index in [1.165, 1.54) is 17.8 Å². The van der Waals surface area contributed by atoms with E-state index in [9.17, 15) is 4.39 Å². The standard InChI is InChI=1S/C18H19ClFN3/c19-17-7-4-8-18(20)16(17)13-21-23-11-9-22(10-12-23)14-15-5-2-1-3-6-15/h1-8,13H,9-12,14H2/p+1/b21-13-. The molecular weight excluding hydrogens is 313 g/mol. The molecule has 0 atom stereocenters. The highest BCUT2D eigenvalue weighted by atomic mass is 35.5. The number of quaternary nitrogens is 1. The summed E-state index contributed by atoms with van der Waals surface area (Å²) in [5.74, 6) is -0.338. The molecule has 2 aromatic carbocycles. The highest BCUT2D eigenvalue weighted by Crippen LogP contribution is 2.16. The highest BCUT2D eigenvalue weighted by molar-refractivity contribution is 6.33. The fraction of sp³-hybridized carbons (Fsp3) is 0.278. The summed E-state index contributed by atoms with van der Waals surface area (Å²) in [6.45, 7) is 4.82. The maximum Gasteiger partial charge on any atom is 0.133 e. The second-order valence-electron chi connectivity index (χ2n) is 5.75. The molecule has 23 heavy (non-hydrogen) atoms. The van der Waals surface area contributed by atoms with Gasteiger partial charge in [-0.15, -0.1) is 0 Å². The van der Waals surface area contributed by atoms with Crippen molar-refractivity contribution in [3.8, 4) is 0 Å². The number of hydrogen-bond donors (Lipinski definition) is 1. The third-order valence-electron chi connectivity index (χ3n) is 4.09. The molecule has 120 valence electrons. The molecule has 3 nitrogen and oxygen atoms in total. The minimum Gasteiger partial charge on any atom is -0.328 e. The zero-order valence-electron chi connectivity index (χ0n) is 12.9. The van der Waals surface area contributed by atoms with Gasteiger partial charge in [-0.2, -0.15) is 5.10 Å². The van der Waals surface area contributed by atoms with Gasteiger partial charge in [0.2, 0.25) is 0 Å². The maximum atomic E-state index is 13.7. The van der Waals surface area contributed by atoms with Gasteiger partial charge in [0.1, 0.15) is 12.4 Å². The molecule has 1 fully saturated rings. The third-order valence-corrected chi connectivity index (χ3v) is 4.42. The summed E-state index contributed by atoms with van der Waals surface area (Å²) in [5, 5.41) is 6.76. The third kappa shape index (κ3) is 4.30. The van der Waals surface area contributed by atoms with E-state index in [2.05, 4.69) is 29.4 Å². The van der Waals surface area contributed by atoms with Crippen LogP contribution in [0.3, 0.4) is 0 Å². The van der Waals surface area contributed by atoms with Crippen LogP contribution in [0.15, 0.2) is 53.6 Å². The molecule has 1 aliphatic heterocycles. The first-order valence-corrected chi connectivity index (χ1v) is 8.20. The van der Waals surface area contributed by atoms with Crippen LogP contribution in [-0.4, -0.2) is 37.4 Å². The van der Waals surface area contributed by atoms with Gasteiger partial charge < -0.3 is 4.90 Å². The van der Waals surface area contributed by atoms with E-state index in [1.807, 2.05) is 11.1 Å². The van der Waals surface area contributed by atoms with Gasteiger partial charge in [-0.05, 0) is 12.1 Å². The van der Waals surface area contributed by atoms with Crippen molar-refractivity contribution >= 4 is 17.8 Å². The highest BCUT2D eigenvalue weighted by Gasteiger charge is 2.18. The zero-order valence-corrected chi connectivity index (χ0v) is 13.6. The number of hydrazone groups is 1. The predicted octanol–water partition coefficient (Wildman–Crippen LogP) is 2.21. The van der Waals surface area contributed by atoms with Crippen LogP contribution in [0, 0.1) is 5.82 Å². The Morgan fingerprint density at radius 2 is 1.83 bits per heavy atom. The van der Waals surface area contributed by atoms with Crippen molar-refractivity contribution in [2.75, 3.05) is 26.2 Å². The lowest BCUT2D eigenvalue weighted by Crippen LogP contribution is -3.13. The molecule has 1 aliphatic rings. The quantitative estimate of drug-likeness (QED) is 0.851. The molecule has 0 saturated carbocycles. The van der Waals surface area contributed by atoms with Crippen LogP contribution < -0.4 is 4.90 Å². The predicted molar refractivity (Wildman–Crippen MR) is 91.4 cm³/mol. The number of halogens is 2. The van der Waals surface area contributed by atoms with Gasteiger partial charge in [0.15, 0.2) is 0 Å².